The first-order valence-corrected chi connectivity index (χ1v) is 33.8. The summed E-state index contributed by atoms with van der Waals surface area (Å²) in [6.45, 7) is 4.13. The highest BCUT2D eigenvalue weighted by atomic mass is 31.2. The summed E-state index contributed by atoms with van der Waals surface area (Å²) in [6, 6.07) is 0. The molecule has 0 bridgehead atoms. The number of ether oxygens (including phenoxy) is 2. The monoisotopic (exact) mass is 1110 g/mol. The minimum Gasteiger partial charge on any atom is -0.756 e. The first-order chi connectivity index (χ1) is 38.0. The van der Waals surface area contributed by atoms with Crippen LogP contribution >= 0.6 is 7.82 Å². The molecule has 0 aliphatic heterocycles. The summed E-state index contributed by atoms with van der Waals surface area (Å²) < 4.78 is 34.2. The third-order valence-electron chi connectivity index (χ3n) is 13.9. The normalized spacial score (nSPS) is 13.8. The van der Waals surface area contributed by atoms with Crippen LogP contribution in [0.5, 0.6) is 0 Å². The van der Waals surface area contributed by atoms with Crippen LogP contribution in [-0.2, 0) is 32.7 Å². The van der Waals surface area contributed by atoms with E-state index in [9.17, 15) is 19.0 Å². The second kappa shape index (κ2) is 58.8. The molecule has 0 aliphatic carbocycles. The number of hydrogen-bond acceptors (Lipinski definition) is 8. The number of esters is 2. The molecule has 0 saturated carbocycles. The molecule has 0 amide bonds. The van der Waals surface area contributed by atoms with Crippen molar-refractivity contribution in [3.8, 4) is 0 Å². The maximum atomic E-state index is 12.8. The fourth-order valence-corrected chi connectivity index (χ4v) is 9.68. The molecule has 10 heteroatoms. The number of carbonyl (C=O) groups is 2. The van der Waals surface area contributed by atoms with Gasteiger partial charge in [-0.15, -0.1) is 0 Å². The van der Waals surface area contributed by atoms with Crippen molar-refractivity contribution in [1.82, 2.24) is 0 Å². The maximum Gasteiger partial charge on any atom is 0.306 e. The summed E-state index contributed by atoms with van der Waals surface area (Å²) >= 11 is 0. The van der Waals surface area contributed by atoms with Crippen molar-refractivity contribution in [2.24, 2.45) is 0 Å². The molecule has 0 aliphatic rings. The standard InChI is InChI=1S/C68H122NO8P/c1-6-8-10-12-14-16-18-20-22-24-26-28-30-31-32-33-34-35-36-37-39-40-42-44-46-48-50-52-54-56-58-60-67(70)74-64-66(65-76-78(72,73)75-63-62-69(3,4)5)77-68(71)61-59-57-55-53-51-49-47-45-43-41-38-29-27-25-23-21-19-17-15-13-11-9-7-2/h9,11,15,17-18,20-21,23-24,26-27,29,41,43,66H,6-8,10,12-14,16,19,22,25,28,30-40,42,44-65H2,1-5H3/b11-9-,17-15-,20-18-,23-21-,26-24-,29-27-,43-41-. The Bertz CT molecular complexity index is 1590. The molecule has 452 valence electrons. The molecule has 2 unspecified atom stereocenters. The quantitative estimate of drug-likeness (QED) is 0.0195. The van der Waals surface area contributed by atoms with Gasteiger partial charge >= 0.3 is 11.9 Å². The molecule has 0 radical (unpaired) electrons. The number of carbonyl (C=O) groups excluding carboxylic acids is 2. The molecule has 9 nitrogen and oxygen atoms in total. The van der Waals surface area contributed by atoms with Gasteiger partial charge in [-0.3, -0.25) is 14.2 Å². The van der Waals surface area contributed by atoms with E-state index in [0.717, 1.165) is 83.5 Å². The number of phosphoric acid groups is 1. The third kappa shape index (κ3) is 62.4. The first kappa shape index (κ1) is 75.2. The third-order valence-corrected chi connectivity index (χ3v) is 14.9. The van der Waals surface area contributed by atoms with Gasteiger partial charge in [0.1, 0.15) is 19.8 Å². The topological polar surface area (TPSA) is 111 Å². The molecule has 78 heavy (non-hydrogen) atoms. The second-order valence-corrected chi connectivity index (χ2v) is 24.2. The van der Waals surface area contributed by atoms with E-state index in [4.69, 9.17) is 18.5 Å². The molecule has 0 spiro atoms. The van der Waals surface area contributed by atoms with E-state index in [1.807, 2.05) is 21.1 Å². The van der Waals surface area contributed by atoms with Crippen LogP contribution in [0.4, 0.5) is 0 Å². The summed E-state index contributed by atoms with van der Waals surface area (Å²) in [5.74, 6) is -0.840. The lowest BCUT2D eigenvalue weighted by molar-refractivity contribution is -0.870. The smallest absolute Gasteiger partial charge is 0.306 e. The number of rotatable bonds is 59. The second-order valence-electron chi connectivity index (χ2n) is 22.7. The number of phosphoric ester groups is 1. The first-order valence-electron chi connectivity index (χ1n) is 32.3. The Balaban J connectivity index is 4.08. The Kier molecular flexibility index (Phi) is 56.7. The number of hydrogen-bond donors (Lipinski definition) is 0. The lowest BCUT2D eigenvalue weighted by Crippen LogP contribution is -2.37. The highest BCUT2D eigenvalue weighted by Crippen LogP contribution is 2.38. The van der Waals surface area contributed by atoms with Gasteiger partial charge in [-0.25, -0.2) is 0 Å². The predicted molar refractivity (Wildman–Crippen MR) is 332 cm³/mol. The SMILES string of the molecule is CC/C=C\C/C=C\C/C=C\C/C=C\C/C=C\CCCCCCCCCC(=O)OC(COC(=O)CCCCCCCCCCCCCCCCCCCCC/C=C\C/C=C\CCCCCCC)COP(=O)([O-])OCC[N+](C)(C)C. The summed E-state index contributed by atoms with van der Waals surface area (Å²) in [5.41, 5.74) is 0. The highest BCUT2D eigenvalue weighted by Gasteiger charge is 2.22. The fraction of sp³-hybridized carbons (Fsp3) is 0.765. The van der Waals surface area contributed by atoms with Crippen LogP contribution in [0.1, 0.15) is 284 Å². The zero-order chi connectivity index (χ0) is 57.0. The van der Waals surface area contributed by atoms with Crippen molar-refractivity contribution in [3.63, 3.8) is 0 Å². The van der Waals surface area contributed by atoms with Gasteiger partial charge in [-0.05, 0) is 89.9 Å². The number of nitrogens with zero attached hydrogens (tertiary/aromatic N) is 1. The Morgan fingerprint density at radius 1 is 0.410 bits per heavy atom. The van der Waals surface area contributed by atoms with Crippen LogP contribution in [0.2, 0.25) is 0 Å². The Hall–Kier alpha value is -2.81. The average molecular weight is 1110 g/mol. The Morgan fingerprint density at radius 2 is 0.731 bits per heavy atom. The van der Waals surface area contributed by atoms with E-state index >= 15 is 0 Å². The van der Waals surface area contributed by atoms with E-state index in [2.05, 4.69) is 98.9 Å². The van der Waals surface area contributed by atoms with Gasteiger partial charge in [0.25, 0.3) is 7.82 Å². The van der Waals surface area contributed by atoms with Gasteiger partial charge in [0.05, 0.1) is 27.7 Å². The zero-order valence-electron chi connectivity index (χ0n) is 51.3. The minimum absolute atomic E-state index is 0.0358. The average Bonchev–Trinajstić information content (AvgIpc) is 3.40. The maximum absolute atomic E-state index is 12.8. The van der Waals surface area contributed by atoms with Crippen LogP contribution in [-0.4, -0.2) is 70.0 Å². The van der Waals surface area contributed by atoms with Crippen LogP contribution < -0.4 is 4.89 Å². The summed E-state index contributed by atoms with van der Waals surface area (Å²) in [5, 5.41) is 0. The molecule has 0 fully saturated rings. The summed E-state index contributed by atoms with van der Waals surface area (Å²) in [6.07, 6.45) is 79.3. The molecule has 0 aromatic carbocycles. The van der Waals surface area contributed by atoms with Gasteiger partial charge in [0, 0.05) is 12.8 Å². The molecule has 0 aromatic rings. The van der Waals surface area contributed by atoms with Gasteiger partial charge in [0.15, 0.2) is 6.10 Å². The molecular weight excluding hydrogens is 990 g/mol. The lowest BCUT2D eigenvalue weighted by atomic mass is 10.0. The fourth-order valence-electron chi connectivity index (χ4n) is 8.95. The predicted octanol–water partition coefficient (Wildman–Crippen LogP) is 20.0. The van der Waals surface area contributed by atoms with Crippen molar-refractivity contribution in [3.05, 3.63) is 85.1 Å². The van der Waals surface area contributed by atoms with Crippen LogP contribution in [0.25, 0.3) is 0 Å². The number of allylic oxidation sites excluding steroid dienone is 14. The minimum atomic E-state index is -4.65. The molecule has 2 atom stereocenters. The van der Waals surface area contributed by atoms with Crippen LogP contribution in [0.15, 0.2) is 85.1 Å². The van der Waals surface area contributed by atoms with Crippen molar-refractivity contribution < 1.29 is 42.1 Å². The Labute approximate surface area is 481 Å². The van der Waals surface area contributed by atoms with Crippen molar-refractivity contribution in [1.29, 1.82) is 0 Å². The lowest BCUT2D eigenvalue weighted by Gasteiger charge is -2.28. The van der Waals surface area contributed by atoms with E-state index in [-0.39, 0.29) is 32.0 Å². The number of likely N-dealkylation sites (N-methyl/N-ethyl adjacent to an activating group) is 1. The van der Waals surface area contributed by atoms with Crippen LogP contribution in [0.3, 0.4) is 0 Å². The van der Waals surface area contributed by atoms with Gasteiger partial charge < -0.3 is 27.9 Å². The summed E-state index contributed by atoms with van der Waals surface area (Å²) in [4.78, 5) is 38.0. The van der Waals surface area contributed by atoms with E-state index in [1.165, 1.54) is 167 Å². The molecule has 0 heterocycles. The number of quaternary nitrogens is 1. The molecular formula is C68H122NO8P. The van der Waals surface area contributed by atoms with Crippen molar-refractivity contribution >= 4 is 19.8 Å². The molecule has 0 rings (SSSR count). The Morgan fingerprint density at radius 3 is 1.09 bits per heavy atom. The number of unbranched alkanes of at least 4 members (excludes halogenated alkanes) is 31. The van der Waals surface area contributed by atoms with Crippen molar-refractivity contribution in [2.45, 2.75) is 290 Å². The molecule has 0 aromatic heterocycles. The van der Waals surface area contributed by atoms with Gasteiger partial charge in [-0.2, -0.15) is 0 Å². The zero-order valence-corrected chi connectivity index (χ0v) is 52.2. The largest absolute Gasteiger partial charge is 0.756 e. The molecule has 0 saturated heterocycles. The van der Waals surface area contributed by atoms with Crippen molar-refractivity contribution in [2.75, 3.05) is 47.5 Å². The van der Waals surface area contributed by atoms with Gasteiger partial charge in [-0.1, -0.05) is 266 Å². The van der Waals surface area contributed by atoms with Crippen LogP contribution in [0, 0.1) is 0 Å². The highest BCUT2D eigenvalue weighted by molar-refractivity contribution is 7.45. The van der Waals surface area contributed by atoms with Gasteiger partial charge in [0.2, 0.25) is 0 Å². The van der Waals surface area contributed by atoms with E-state index < -0.39 is 26.5 Å². The molecule has 0 N–H and O–H groups in total. The van der Waals surface area contributed by atoms with E-state index in [1.54, 1.807) is 0 Å². The summed E-state index contributed by atoms with van der Waals surface area (Å²) in [7, 11) is 1.16. The van der Waals surface area contributed by atoms with E-state index in [0.29, 0.717) is 17.4 Å².